The third-order valence-electron chi connectivity index (χ3n) is 5.02. The molecule has 0 unspecified atom stereocenters. The molecular formula is C19H26N2O2. The van der Waals surface area contributed by atoms with Crippen LogP contribution in [0.4, 0.5) is 0 Å². The topological polar surface area (TPSA) is 65.1 Å². The Morgan fingerprint density at radius 3 is 2.87 bits per heavy atom. The van der Waals surface area contributed by atoms with Crippen molar-refractivity contribution in [2.45, 2.75) is 38.5 Å². The number of nitrogens with one attached hydrogen (secondary N) is 2. The van der Waals surface area contributed by atoms with Gasteiger partial charge in [0.1, 0.15) is 0 Å². The van der Waals surface area contributed by atoms with E-state index in [1.165, 1.54) is 32.1 Å². The van der Waals surface area contributed by atoms with E-state index in [1.54, 1.807) is 0 Å². The Labute approximate surface area is 137 Å². The molecule has 1 aliphatic carbocycles. The van der Waals surface area contributed by atoms with Gasteiger partial charge in [0.15, 0.2) is 0 Å². The number of H-pyrrole nitrogens is 1. The molecule has 0 spiro atoms. The van der Waals surface area contributed by atoms with Crippen LogP contribution in [0.15, 0.2) is 30.5 Å². The Morgan fingerprint density at radius 2 is 2.09 bits per heavy atom. The van der Waals surface area contributed by atoms with E-state index in [4.69, 9.17) is 0 Å². The molecule has 0 aliphatic heterocycles. The Balaban J connectivity index is 1.53. The van der Waals surface area contributed by atoms with Gasteiger partial charge in [-0.3, -0.25) is 4.79 Å². The SMILES string of the molecule is O=C(NC[C@@H](CO)CC1CCCCC1)c1ccc2[nH]ccc2c1. The molecule has 1 fully saturated rings. The molecule has 0 saturated heterocycles. The second kappa shape index (κ2) is 7.64. The van der Waals surface area contributed by atoms with E-state index >= 15 is 0 Å². The van der Waals surface area contributed by atoms with Gasteiger partial charge in [-0.1, -0.05) is 32.1 Å². The molecule has 1 heterocycles. The molecule has 0 bridgehead atoms. The number of carbonyl (C=O) groups is 1. The summed E-state index contributed by atoms with van der Waals surface area (Å²) in [5.74, 6) is 0.822. The highest BCUT2D eigenvalue weighted by Crippen LogP contribution is 2.28. The fourth-order valence-corrected chi connectivity index (χ4v) is 3.65. The second-order valence-corrected chi connectivity index (χ2v) is 6.78. The van der Waals surface area contributed by atoms with Gasteiger partial charge in [0.2, 0.25) is 0 Å². The minimum Gasteiger partial charge on any atom is -0.396 e. The molecule has 1 aromatic heterocycles. The van der Waals surface area contributed by atoms with E-state index in [2.05, 4.69) is 10.3 Å². The van der Waals surface area contributed by atoms with Gasteiger partial charge in [0, 0.05) is 35.8 Å². The molecule has 1 saturated carbocycles. The molecule has 4 nitrogen and oxygen atoms in total. The van der Waals surface area contributed by atoms with E-state index in [-0.39, 0.29) is 18.4 Å². The summed E-state index contributed by atoms with van der Waals surface area (Å²) in [6.07, 6.45) is 9.41. The third-order valence-corrected chi connectivity index (χ3v) is 5.02. The fourth-order valence-electron chi connectivity index (χ4n) is 3.65. The molecule has 23 heavy (non-hydrogen) atoms. The number of hydrogen-bond acceptors (Lipinski definition) is 2. The van der Waals surface area contributed by atoms with Crippen LogP contribution in [0.5, 0.6) is 0 Å². The molecular weight excluding hydrogens is 288 g/mol. The summed E-state index contributed by atoms with van der Waals surface area (Å²) in [4.78, 5) is 15.4. The van der Waals surface area contributed by atoms with Crippen LogP contribution in [0.25, 0.3) is 10.9 Å². The number of aromatic nitrogens is 1. The van der Waals surface area contributed by atoms with E-state index in [9.17, 15) is 9.90 Å². The van der Waals surface area contributed by atoms with Crippen LogP contribution in [0.2, 0.25) is 0 Å². The largest absolute Gasteiger partial charge is 0.396 e. The van der Waals surface area contributed by atoms with Crippen molar-refractivity contribution in [1.29, 1.82) is 0 Å². The summed E-state index contributed by atoms with van der Waals surface area (Å²) >= 11 is 0. The number of hydrogen-bond donors (Lipinski definition) is 3. The smallest absolute Gasteiger partial charge is 0.251 e. The maximum atomic E-state index is 12.3. The average molecular weight is 314 g/mol. The van der Waals surface area contributed by atoms with Crippen LogP contribution in [-0.2, 0) is 0 Å². The van der Waals surface area contributed by atoms with Crippen LogP contribution < -0.4 is 5.32 Å². The number of carbonyl (C=O) groups excluding carboxylic acids is 1. The number of aromatic amines is 1. The molecule has 3 N–H and O–H groups in total. The van der Waals surface area contributed by atoms with Crippen molar-refractivity contribution in [3.05, 3.63) is 36.0 Å². The number of amides is 1. The zero-order valence-electron chi connectivity index (χ0n) is 13.6. The van der Waals surface area contributed by atoms with Crippen molar-refractivity contribution in [2.75, 3.05) is 13.2 Å². The number of aliphatic hydroxyl groups excluding tert-OH is 1. The van der Waals surface area contributed by atoms with Crippen molar-refractivity contribution in [3.8, 4) is 0 Å². The lowest BCUT2D eigenvalue weighted by Gasteiger charge is -2.25. The highest BCUT2D eigenvalue weighted by Gasteiger charge is 2.19. The van der Waals surface area contributed by atoms with Crippen LogP contribution >= 0.6 is 0 Å². The van der Waals surface area contributed by atoms with Crippen molar-refractivity contribution in [2.24, 2.45) is 11.8 Å². The predicted octanol–water partition coefficient (Wildman–Crippen LogP) is 3.48. The Bertz CT molecular complexity index is 644. The minimum atomic E-state index is -0.0600. The van der Waals surface area contributed by atoms with E-state index in [0.717, 1.165) is 17.3 Å². The quantitative estimate of drug-likeness (QED) is 0.764. The zero-order valence-corrected chi connectivity index (χ0v) is 13.6. The maximum absolute atomic E-state index is 12.3. The summed E-state index contributed by atoms with van der Waals surface area (Å²) in [6.45, 7) is 0.699. The monoisotopic (exact) mass is 314 g/mol. The van der Waals surface area contributed by atoms with Gasteiger partial charge in [-0.15, -0.1) is 0 Å². The lowest BCUT2D eigenvalue weighted by molar-refractivity contribution is 0.0933. The van der Waals surface area contributed by atoms with Crippen molar-refractivity contribution in [1.82, 2.24) is 10.3 Å². The van der Waals surface area contributed by atoms with E-state index in [1.807, 2.05) is 30.5 Å². The molecule has 1 atom stereocenters. The first kappa shape index (κ1) is 16.1. The lowest BCUT2D eigenvalue weighted by Crippen LogP contribution is -2.32. The van der Waals surface area contributed by atoms with Gasteiger partial charge in [0.25, 0.3) is 5.91 Å². The van der Waals surface area contributed by atoms with Gasteiger partial charge in [-0.25, -0.2) is 0 Å². The van der Waals surface area contributed by atoms with Crippen LogP contribution in [0.1, 0.15) is 48.9 Å². The Morgan fingerprint density at radius 1 is 1.26 bits per heavy atom. The summed E-state index contributed by atoms with van der Waals surface area (Å²) in [5, 5.41) is 13.6. The highest BCUT2D eigenvalue weighted by molar-refractivity contribution is 5.98. The maximum Gasteiger partial charge on any atom is 0.251 e. The first-order valence-electron chi connectivity index (χ1n) is 8.72. The van der Waals surface area contributed by atoms with Gasteiger partial charge in [-0.05, 0) is 42.5 Å². The molecule has 1 aromatic carbocycles. The van der Waals surface area contributed by atoms with Gasteiger partial charge >= 0.3 is 0 Å². The summed E-state index contributed by atoms with van der Waals surface area (Å²) in [5.41, 5.74) is 1.71. The van der Waals surface area contributed by atoms with Crippen molar-refractivity contribution in [3.63, 3.8) is 0 Å². The molecule has 3 rings (SSSR count). The Hall–Kier alpha value is -1.81. The summed E-state index contributed by atoms with van der Waals surface area (Å²) in [7, 11) is 0. The van der Waals surface area contributed by atoms with Crippen LogP contribution in [0, 0.1) is 11.8 Å². The standard InChI is InChI=1S/C19H26N2O2/c22-13-15(10-14-4-2-1-3-5-14)12-21-19(23)17-6-7-18-16(11-17)8-9-20-18/h6-9,11,14-15,20,22H,1-5,10,12-13H2,(H,21,23)/t15-/m0/s1. The number of fused-ring (bicyclic) bond motifs is 1. The molecule has 0 radical (unpaired) electrons. The van der Waals surface area contributed by atoms with Gasteiger partial charge < -0.3 is 15.4 Å². The van der Waals surface area contributed by atoms with Crippen LogP contribution in [-0.4, -0.2) is 29.1 Å². The number of benzene rings is 1. The first-order valence-corrected chi connectivity index (χ1v) is 8.72. The van der Waals surface area contributed by atoms with Gasteiger partial charge in [-0.2, -0.15) is 0 Å². The highest BCUT2D eigenvalue weighted by atomic mass is 16.3. The van der Waals surface area contributed by atoms with E-state index < -0.39 is 0 Å². The normalized spacial score (nSPS) is 17.3. The molecule has 124 valence electrons. The third kappa shape index (κ3) is 4.14. The Kier molecular flexibility index (Phi) is 5.34. The minimum absolute atomic E-state index is 0.0600. The molecule has 1 amide bonds. The molecule has 2 aromatic rings. The summed E-state index contributed by atoms with van der Waals surface area (Å²) in [6, 6.07) is 7.63. The van der Waals surface area contributed by atoms with E-state index in [0.29, 0.717) is 18.0 Å². The van der Waals surface area contributed by atoms with Gasteiger partial charge in [0.05, 0.1) is 0 Å². The summed E-state index contributed by atoms with van der Waals surface area (Å²) < 4.78 is 0. The number of aliphatic hydroxyl groups is 1. The fraction of sp³-hybridized carbons (Fsp3) is 0.526. The first-order chi connectivity index (χ1) is 11.3. The molecule has 4 heteroatoms. The molecule has 1 aliphatic rings. The lowest BCUT2D eigenvalue weighted by atomic mass is 9.83. The van der Waals surface area contributed by atoms with Crippen LogP contribution in [0.3, 0.4) is 0 Å². The number of rotatable bonds is 6. The average Bonchev–Trinajstić information content (AvgIpc) is 3.06. The second-order valence-electron chi connectivity index (χ2n) is 6.78. The zero-order chi connectivity index (χ0) is 16.1. The predicted molar refractivity (Wildman–Crippen MR) is 92.4 cm³/mol. The van der Waals surface area contributed by atoms with Crippen molar-refractivity contribution < 1.29 is 9.90 Å². The van der Waals surface area contributed by atoms with Crippen molar-refractivity contribution >= 4 is 16.8 Å².